The SMILES string of the molecule is CC(C[CH]C(=O)N(C1CCCNC[C@@H]1O)S(=O)(=O)c1ccccn1)C(N)=O. The lowest BCUT2D eigenvalue weighted by Crippen LogP contribution is -2.51. The lowest BCUT2D eigenvalue weighted by Gasteiger charge is -2.32. The third-order valence-corrected chi connectivity index (χ3v) is 6.20. The van der Waals surface area contributed by atoms with Gasteiger partial charge in [0.15, 0.2) is 5.03 Å². The number of hydrogen-bond acceptors (Lipinski definition) is 7. The molecule has 2 heterocycles. The van der Waals surface area contributed by atoms with Crippen LogP contribution in [0.25, 0.3) is 0 Å². The summed E-state index contributed by atoms with van der Waals surface area (Å²) >= 11 is 0. The van der Waals surface area contributed by atoms with Crippen LogP contribution in [0.3, 0.4) is 0 Å². The second kappa shape index (κ2) is 9.25. The Balaban J connectivity index is 2.36. The summed E-state index contributed by atoms with van der Waals surface area (Å²) in [5, 5.41) is 13.1. The Bertz CT molecular complexity index is 756. The molecule has 2 rings (SSSR count). The standard InChI is InChI=1S/C17H25N4O5S/c1-12(17(18)24)7-8-16(23)21(13-5-4-9-19-11-14(13)22)27(25,26)15-6-2-3-10-20-15/h2-3,6,8,10,12-14,19,22H,4-5,7,9,11H2,1H3,(H2,18,24)/t12?,13?,14-/m0/s1. The predicted octanol–water partition coefficient (Wildman–Crippen LogP) is -0.572. The zero-order valence-corrected chi connectivity index (χ0v) is 15.9. The molecule has 27 heavy (non-hydrogen) atoms. The number of sulfonamides is 1. The fourth-order valence-electron chi connectivity index (χ4n) is 2.83. The molecule has 10 heteroatoms. The molecule has 0 aromatic carbocycles. The number of nitrogens with two attached hydrogens (primary N) is 1. The van der Waals surface area contributed by atoms with E-state index < -0.39 is 39.9 Å². The highest BCUT2D eigenvalue weighted by molar-refractivity contribution is 7.89. The van der Waals surface area contributed by atoms with Gasteiger partial charge in [0.25, 0.3) is 10.0 Å². The fourth-order valence-corrected chi connectivity index (χ4v) is 4.39. The summed E-state index contributed by atoms with van der Waals surface area (Å²) in [7, 11) is -4.28. The van der Waals surface area contributed by atoms with Crippen LogP contribution in [0.4, 0.5) is 0 Å². The Morgan fingerprint density at radius 3 is 2.85 bits per heavy atom. The molecule has 1 aliphatic rings. The second-order valence-corrected chi connectivity index (χ2v) is 8.29. The molecule has 1 fully saturated rings. The van der Waals surface area contributed by atoms with Crippen molar-refractivity contribution < 1.29 is 23.1 Å². The van der Waals surface area contributed by atoms with Gasteiger partial charge >= 0.3 is 0 Å². The molecule has 1 radical (unpaired) electrons. The van der Waals surface area contributed by atoms with E-state index in [1.54, 1.807) is 13.0 Å². The summed E-state index contributed by atoms with van der Waals surface area (Å²) in [6.45, 7) is 2.33. The van der Waals surface area contributed by atoms with Crippen molar-refractivity contribution in [3.05, 3.63) is 30.8 Å². The van der Waals surface area contributed by atoms with E-state index >= 15 is 0 Å². The van der Waals surface area contributed by atoms with Gasteiger partial charge in [-0.05, 0) is 37.9 Å². The molecule has 1 aromatic rings. The summed E-state index contributed by atoms with van der Waals surface area (Å²) in [6.07, 6.45) is 2.30. The van der Waals surface area contributed by atoms with Gasteiger partial charge in [0, 0.05) is 18.7 Å². The number of carbonyl (C=O) groups is 2. The zero-order chi connectivity index (χ0) is 20.0. The Morgan fingerprint density at radius 1 is 1.48 bits per heavy atom. The van der Waals surface area contributed by atoms with Gasteiger partial charge in [0.2, 0.25) is 11.8 Å². The van der Waals surface area contributed by atoms with Crippen LogP contribution in [0.5, 0.6) is 0 Å². The third kappa shape index (κ3) is 5.24. The van der Waals surface area contributed by atoms with Gasteiger partial charge in [-0.2, -0.15) is 8.42 Å². The first-order chi connectivity index (χ1) is 12.7. The Kier molecular flexibility index (Phi) is 7.28. The maximum Gasteiger partial charge on any atom is 0.284 e. The first kappa shape index (κ1) is 21.3. The monoisotopic (exact) mass is 397 g/mol. The molecule has 0 bridgehead atoms. The average molecular weight is 397 g/mol. The fraction of sp³-hybridized carbons (Fsp3) is 0.529. The van der Waals surface area contributed by atoms with Gasteiger partial charge < -0.3 is 16.2 Å². The molecular formula is C17H25N4O5S. The third-order valence-electron chi connectivity index (χ3n) is 4.46. The predicted molar refractivity (Wildman–Crippen MR) is 97.4 cm³/mol. The van der Waals surface area contributed by atoms with Crippen LogP contribution in [0.2, 0.25) is 0 Å². The number of amides is 2. The maximum absolute atomic E-state index is 13.1. The van der Waals surface area contributed by atoms with Crippen LogP contribution in [-0.2, 0) is 19.6 Å². The van der Waals surface area contributed by atoms with Crippen molar-refractivity contribution in [2.75, 3.05) is 13.1 Å². The van der Waals surface area contributed by atoms with E-state index in [0.29, 0.717) is 23.7 Å². The number of aliphatic hydroxyl groups is 1. The minimum atomic E-state index is -4.28. The van der Waals surface area contributed by atoms with Gasteiger partial charge in [-0.3, -0.25) is 9.59 Å². The number of aromatic nitrogens is 1. The average Bonchev–Trinajstić information content (AvgIpc) is 2.85. The summed E-state index contributed by atoms with van der Waals surface area (Å²) in [4.78, 5) is 27.9. The van der Waals surface area contributed by atoms with Crippen LogP contribution in [-0.4, -0.2) is 59.9 Å². The van der Waals surface area contributed by atoms with Gasteiger partial charge in [-0.15, -0.1) is 0 Å². The van der Waals surface area contributed by atoms with Crippen molar-refractivity contribution in [1.29, 1.82) is 0 Å². The van der Waals surface area contributed by atoms with E-state index in [1.807, 2.05) is 0 Å². The number of primary amides is 1. The number of nitrogens with zero attached hydrogens (tertiary/aromatic N) is 2. The molecule has 2 amide bonds. The van der Waals surface area contributed by atoms with Gasteiger partial charge in [0.1, 0.15) is 0 Å². The molecule has 0 aliphatic carbocycles. The normalized spacial score (nSPS) is 21.9. The van der Waals surface area contributed by atoms with Crippen molar-refractivity contribution in [2.45, 2.75) is 43.4 Å². The van der Waals surface area contributed by atoms with E-state index in [4.69, 9.17) is 5.73 Å². The highest BCUT2D eigenvalue weighted by atomic mass is 32.2. The Hall–Kier alpha value is -2.04. The molecule has 1 aromatic heterocycles. The molecule has 0 saturated carbocycles. The van der Waals surface area contributed by atoms with E-state index in [2.05, 4.69) is 10.3 Å². The van der Waals surface area contributed by atoms with Crippen LogP contribution in [0.1, 0.15) is 26.2 Å². The van der Waals surface area contributed by atoms with Crippen LogP contribution in [0, 0.1) is 12.3 Å². The largest absolute Gasteiger partial charge is 0.390 e. The smallest absolute Gasteiger partial charge is 0.284 e. The lowest BCUT2D eigenvalue weighted by atomic mass is 10.0. The van der Waals surface area contributed by atoms with Crippen molar-refractivity contribution >= 4 is 21.8 Å². The van der Waals surface area contributed by atoms with E-state index in [0.717, 1.165) is 6.42 Å². The van der Waals surface area contributed by atoms with Crippen molar-refractivity contribution in [3.8, 4) is 0 Å². The number of hydrogen-bond donors (Lipinski definition) is 3. The summed E-state index contributed by atoms with van der Waals surface area (Å²) < 4.78 is 26.9. The lowest BCUT2D eigenvalue weighted by molar-refractivity contribution is -0.126. The van der Waals surface area contributed by atoms with Gasteiger partial charge in [-0.1, -0.05) is 13.0 Å². The van der Waals surface area contributed by atoms with Crippen LogP contribution < -0.4 is 11.1 Å². The van der Waals surface area contributed by atoms with Crippen LogP contribution >= 0.6 is 0 Å². The van der Waals surface area contributed by atoms with E-state index in [9.17, 15) is 23.1 Å². The maximum atomic E-state index is 13.1. The summed E-state index contributed by atoms with van der Waals surface area (Å²) in [5.74, 6) is -2.01. The van der Waals surface area contributed by atoms with Gasteiger partial charge in [-0.25, -0.2) is 9.29 Å². The molecule has 1 aliphatic heterocycles. The summed E-state index contributed by atoms with van der Waals surface area (Å²) in [5.41, 5.74) is 5.20. The first-order valence-electron chi connectivity index (χ1n) is 8.76. The van der Waals surface area contributed by atoms with Gasteiger partial charge in [0.05, 0.1) is 18.6 Å². The number of β-amino-alcohol motifs (C(OH)–C–C–N with tert-alkyl or cyclic N) is 1. The molecule has 2 unspecified atom stereocenters. The zero-order valence-electron chi connectivity index (χ0n) is 15.1. The minimum Gasteiger partial charge on any atom is -0.390 e. The Labute approximate surface area is 159 Å². The first-order valence-corrected chi connectivity index (χ1v) is 10.2. The quantitative estimate of drug-likeness (QED) is 0.559. The number of rotatable bonds is 7. The minimum absolute atomic E-state index is 0.00344. The molecular weight excluding hydrogens is 372 g/mol. The van der Waals surface area contributed by atoms with Crippen LogP contribution in [0.15, 0.2) is 29.4 Å². The summed E-state index contributed by atoms with van der Waals surface area (Å²) in [6, 6.07) is 3.44. The number of carbonyl (C=O) groups excluding carboxylic acids is 2. The van der Waals surface area contributed by atoms with E-state index in [1.165, 1.54) is 18.3 Å². The molecule has 0 spiro atoms. The number of nitrogens with one attached hydrogen (secondary N) is 1. The molecule has 9 nitrogen and oxygen atoms in total. The molecule has 3 atom stereocenters. The molecule has 1 saturated heterocycles. The molecule has 149 valence electrons. The van der Waals surface area contributed by atoms with Crippen molar-refractivity contribution in [1.82, 2.24) is 14.6 Å². The van der Waals surface area contributed by atoms with E-state index in [-0.39, 0.29) is 18.0 Å². The number of aliphatic hydroxyl groups excluding tert-OH is 1. The topological polar surface area (TPSA) is 143 Å². The van der Waals surface area contributed by atoms with Crippen molar-refractivity contribution in [3.63, 3.8) is 0 Å². The Morgan fingerprint density at radius 2 is 2.22 bits per heavy atom. The highest BCUT2D eigenvalue weighted by Gasteiger charge is 2.40. The molecule has 4 N–H and O–H groups in total. The second-order valence-electron chi connectivity index (χ2n) is 6.53. The van der Waals surface area contributed by atoms with Crippen molar-refractivity contribution in [2.24, 2.45) is 11.7 Å². The highest BCUT2D eigenvalue weighted by Crippen LogP contribution is 2.24. The number of pyridine rings is 1.